The number of pyridine rings is 1. The Balaban J connectivity index is 2.37. The number of rotatable bonds is 0. The third-order valence-corrected chi connectivity index (χ3v) is 2.59. The molecule has 1 aliphatic rings. The number of nitrogens with zero attached hydrogens (tertiary/aromatic N) is 2. The van der Waals surface area contributed by atoms with Crippen LogP contribution in [-0.2, 0) is 13.6 Å². The molecule has 0 amide bonds. The maximum Gasteiger partial charge on any atom is 0.353 e. The van der Waals surface area contributed by atoms with E-state index in [1.807, 2.05) is 6.20 Å². The van der Waals surface area contributed by atoms with E-state index in [2.05, 4.69) is 45.7 Å². The van der Waals surface area contributed by atoms with Gasteiger partial charge in [-0.15, -0.1) is 0 Å². The van der Waals surface area contributed by atoms with Gasteiger partial charge in [-0.05, 0) is 6.07 Å². The molecular formula is C10H11N3+2. The molecule has 0 bridgehead atoms. The van der Waals surface area contributed by atoms with Crippen molar-refractivity contribution in [3.63, 3.8) is 0 Å². The van der Waals surface area contributed by atoms with Crippen molar-refractivity contribution in [2.24, 2.45) is 7.05 Å². The van der Waals surface area contributed by atoms with Crippen LogP contribution in [0.15, 0.2) is 30.7 Å². The zero-order valence-corrected chi connectivity index (χ0v) is 7.49. The molecule has 3 rings (SSSR count). The highest BCUT2D eigenvalue weighted by molar-refractivity contribution is 5.49. The largest absolute Gasteiger partial charge is 0.353 e. The number of imidazole rings is 1. The number of hydrogen-bond acceptors (Lipinski definition) is 0. The summed E-state index contributed by atoms with van der Waals surface area (Å²) in [5.41, 5.74) is 2.68. The topological polar surface area (TPSA) is 23.5 Å². The van der Waals surface area contributed by atoms with E-state index in [0.717, 1.165) is 6.54 Å². The quantitative estimate of drug-likeness (QED) is 0.468. The van der Waals surface area contributed by atoms with Crippen molar-refractivity contribution in [2.45, 2.75) is 6.54 Å². The van der Waals surface area contributed by atoms with E-state index in [-0.39, 0.29) is 0 Å². The molecule has 0 aliphatic carbocycles. The minimum absolute atomic E-state index is 0.989. The first-order chi connectivity index (χ1) is 6.36. The van der Waals surface area contributed by atoms with Gasteiger partial charge in [0, 0.05) is 6.07 Å². The number of aromatic nitrogens is 3. The molecule has 13 heavy (non-hydrogen) atoms. The van der Waals surface area contributed by atoms with Gasteiger partial charge in [0.15, 0.2) is 6.20 Å². The molecule has 64 valence electrons. The van der Waals surface area contributed by atoms with Crippen LogP contribution >= 0.6 is 0 Å². The summed E-state index contributed by atoms with van der Waals surface area (Å²) in [5, 5.41) is 0. The summed E-state index contributed by atoms with van der Waals surface area (Å²) in [6.07, 6.45) is 6.13. The van der Waals surface area contributed by atoms with E-state index in [1.54, 1.807) is 0 Å². The van der Waals surface area contributed by atoms with Gasteiger partial charge >= 0.3 is 11.5 Å². The fourth-order valence-corrected chi connectivity index (χ4v) is 2.00. The van der Waals surface area contributed by atoms with Crippen LogP contribution in [0.1, 0.15) is 5.56 Å². The first kappa shape index (κ1) is 6.83. The highest BCUT2D eigenvalue weighted by Gasteiger charge is 2.33. The van der Waals surface area contributed by atoms with Gasteiger partial charge in [0.25, 0.3) is 0 Å². The predicted octanol–water partition coefficient (Wildman–Crippen LogP) is 0.155. The van der Waals surface area contributed by atoms with Crippen LogP contribution in [0.25, 0.3) is 11.5 Å². The first-order valence-electron chi connectivity index (χ1n) is 4.41. The molecule has 3 heteroatoms. The number of H-pyrrole nitrogens is 1. The Labute approximate surface area is 76.3 Å². The molecule has 0 radical (unpaired) electrons. The van der Waals surface area contributed by atoms with Crippen LogP contribution in [0.4, 0.5) is 0 Å². The molecule has 1 aliphatic heterocycles. The Kier molecular flexibility index (Phi) is 1.15. The van der Waals surface area contributed by atoms with E-state index >= 15 is 0 Å². The molecule has 0 saturated heterocycles. The summed E-state index contributed by atoms with van der Waals surface area (Å²) < 4.78 is 4.38. The van der Waals surface area contributed by atoms with Gasteiger partial charge in [-0.25, -0.2) is 9.55 Å². The summed E-state index contributed by atoms with van der Waals surface area (Å²) in [7, 11) is 2.08. The zero-order valence-electron chi connectivity index (χ0n) is 7.49. The molecule has 2 aromatic heterocycles. The molecule has 2 aromatic rings. The fourth-order valence-electron chi connectivity index (χ4n) is 2.00. The van der Waals surface area contributed by atoms with Gasteiger partial charge in [-0.1, -0.05) is 0 Å². The molecule has 0 spiro atoms. The highest BCUT2D eigenvalue weighted by atomic mass is 15.1. The number of nitrogens with one attached hydrogen (secondary N) is 1. The predicted molar refractivity (Wildman–Crippen MR) is 46.7 cm³/mol. The Morgan fingerprint density at radius 2 is 2.31 bits per heavy atom. The molecule has 0 saturated carbocycles. The van der Waals surface area contributed by atoms with Crippen LogP contribution in [0, 0.1) is 0 Å². The number of aromatic amines is 1. The lowest BCUT2D eigenvalue weighted by Gasteiger charge is -1.91. The second-order valence-electron chi connectivity index (χ2n) is 3.43. The van der Waals surface area contributed by atoms with Crippen LogP contribution < -0.4 is 9.13 Å². The number of aryl methyl sites for hydroxylation is 1. The Hall–Kier alpha value is -1.64. The van der Waals surface area contributed by atoms with Gasteiger partial charge in [-0.3, -0.25) is 0 Å². The molecule has 0 atom stereocenters. The summed E-state index contributed by atoms with van der Waals surface area (Å²) >= 11 is 0. The fraction of sp³-hybridized carbons (Fsp3) is 0.200. The smallest absolute Gasteiger partial charge is 0.238 e. The molecule has 3 nitrogen and oxygen atoms in total. The summed E-state index contributed by atoms with van der Waals surface area (Å²) in [6, 6.07) is 4.27. The minimum atomic E-state index is 0.989. The van der Waals surface area contributed by atoms with E-state index in [9.17, 15) is 0 Å². The van der Waals surface area contributed by atoms with Crippen molar-refractivity contribution in [3.05, 3.63) is 36.3 Å². The highest BCUT2D eigenvalue weighted by Crippen LogP contribution is 2.19. The van der Waals surface area contributed by atoms with Crippen molar-refractivity contribution < 1.29 is 9.13 Å². The van der Waals surface area contributed by atoms with E-state index in [0.29, 0.717) is 0 Å². The average molecular weight is 173 g/mol. The normalized spacial score (nSPS) is 12.7. The van der Waals surface area contributed by atoms with Gasteiger partial charge in [0.1, 0.15) is 26.0 Å². The first-order valence-corrected chi connectivity index (χ1v) is 4.41. The zero-order chi connectivity index (χ0) is 8.84. The molecule has 0 fully saturated rings. The lowest BCUT2D eigenvalue weighted by Crippen LogP contribution is -2.33. The molecule has 1 N–H and O–H groups in total. The molecular weight excluding hydrogens is 162 g/mol. The van der Waals surface area contributed by atoms with E-state index in [4.69, 9.17) is 0 Å². The van der Waals surface area contributed by atoms with Crippen molar-refractivity contribution in [1.29, 1.82) is 0 Å². The van der Waals surface area contributed by atoms with Crippen molar-refractivity contribution in [1.82, 2.24) is 4.98 Å². The maximum atomic E-state index is 3.26. The third-order valence-electron chi connectivity index (χ3n) is 2.59. The van der Waals surface area contributed by atoms with Gasteiger partial charge < -0.3 is 0 Å². The summed E-state index contributed by atoms with van der Waals surface area (Å²) in [5.74, 6) is 1.21. The van der Waals surface area contributed by atoms with Crippen molar-refractivity contribution in [3.8, 4) is 11.5 Å². The summed E-state index contributed by atoms with van der Waals surface area (Å²) in [6.45, 7) is 0.989. The second-order valence-corrected chi connectivity index (χ2v) is 3.43. The van der Waals surface area contributed by atoms with Gasteiger partial charge in [0.2, 0.25) is 0 Å². The third kappa shape index (κ3) is 0.786. The lowest BCUT2D eigenvalue weighted by molar-refractivity contribution is -0.684. The molecule has 0 unspecified atom stereocenters. The monoisotopic (exact) mass is 173 g/mol. The van der Waals surface area contributed by atoms with E-state index < -0.39 is 0 Å². The van der Waals surface area contributed by atoms with Crippen molar-refractivity contribution in [2.75, 3.05) is 0 Å². The Morgan fingerprint density at radius 1 is 1.38 bits per heavy atom. The number of hydrogen-bond donors (Lipinski definition) is 1. The molecule has 0 aromatic carbocycles. The van der Waals surface area contributed by atoms with Crippen LogP contribution in [0.2, 0.25) is 0 Å². The number of fused-ring (bicyclic) bond motifs is 3. The van der Waals surface area contributed by atoms with Gasteiger partial charge in [0.05, 0.1) is 5.56 Å². The second kappa shape index (κ2) is 2.19. The standard InChI is InChI=1S/C10H10N3/c1-12-5-2-3-8-7-13-6-4-11-10(13)9(8)12/h2-6H,7H2,1H3/q+1/p+1. The maximum absolute atomic E-state index is 3.26. The Morgan fingerprint density at radius 3 is 3.23 bits per heavy atom. The van der Waals surface area contributed by atoms with Crippen LogP contribution in [0.5, 0.6) is 0 Å². The lowest BCUT2D eigenvalue weighted by atomic mass is 10.2. The SMILES string of the molecule is C[n+]1cccc2c1-c1[nH]cc[n+]1C2. The Bertz CT molecular complexity index is 471. The minimum Gasteiger partial charge on any atom is -0.238 e. The average Bonchev–Trinajstić information content (AvgIpc) is 2.62. The summed E-state index contributed by atoms with van der Waals surface area (Å²) in [4.78, 5) is 3.26. The van der Waals surface area contributed by atoms with Crippen LogP contribution in [0.3, 0.4) is 0 Å². The van der Waals surface area contributed by atoms with E-state index in [1.165, 1.54) is 17.1 Å². The van der Waals surface area contributed by atoms with Gasteiger partial charge in [-0.2, -0.15) is 4.57 Å². The van der Waals surface area contributed by atoms with Crippen LogP contribution in [-0.4, -0.2) is 4.98 Å². The molecule has 3 heterocycles. The van der Waals surface area contributed by atoms with Crippen molar-refractivity contribution >= 4 is 0 Å².